The van der Waals surface area contributed by atoms with Crippen molar-refractivity contribution in [1.82, 2.24) is 4.98 Å². The van der Waals surface area contributed by atoms with Crippen LogP contribution in [-0.4, -0.2) is 4.98 Å². The molecule has 0 fully saturated rings. The number of rotatable bonds is 0. The summed E-state index contributed by atoms with van der Waals surface area (Å²) < 4.78 is 35.7. The van der Waals surface area contributed by atoms with Gasteiger partial charge in [-0.05, 0) is 6.07 Å². The molecule has 0 radical (unpaired) electrons. The number of alkyl halides is 3. The van der Waals surface area contributed by atoms with E-state index in [0.29, 0.717) is 0 Å². The van der Waals surface area contributed by atoms with Gasteiger partial charge >= 0.3 is 6.18 Å². The molecule has 1 heterocycles. The van der Waals surface area contributed by atoms with Crippen molar-refractivity contribution >= 4 is 5.69 Å². The minimum absolute atomic E-state index is 0.100. The lowest BCUT2D eigenvalue weighted by molar-refractivity contribution is -0.141. The van der Waals surface area contributed by atoms with Crippen molar-refractivity contribution in [2.45, 2.75) is 6.18 Å². The van der Waals surface area contributed by atoms with Crippen molar-refractivity contribution in [2.24, 2.45) is 0 Å². The molecule has 5 heteroatoms. The first-order chi connectivity index (χ1) is 5.54. The van der Waals surface area contributed by atoms with E-state index in [1.54, 1.807) is 0 Å². The maximum absolute atomic E-state index is 11.9. The normalized spacial score (nSPS) is 10.8. The second-order valence-electron chi connectivity index (χ2n) is 2.01. The Morgan fingerprint density at radius 2 is 2.00 bits per heavy atom. The molecule has 0 atom stereocenters. The molecule has 0 spiro atoms. The van der Waals surface area contributed by atoms with Crippen LogP contribution in [0, 0.1) is 6.57 Å². The molecule has 0 aliphatic rings. The standard InChI is InChI=1S/C7H3F3N2/c1-11-5-2-3-6(12-4-5)7(8,9)10/h2-4H. The summed E-state index contributed by atoms with van der Waals surface area (Å²) in [7, 11) is 0. The van der Waals surface area contributed by atoms with Crippen LogP contribution in [0.1, 0.15) is 5.69 Å². The van der Waals surface area contributed by atoms with Gasteiger partial charge in [-0.25, -0.2) is 4.85 Å². The van der Waals surface area contributed by atoms with Crippen molar-refractivity contribution in [3.8, 4) is 0 Å². The predicted molar refractivity (Wildman–Crippen MR) is 35.5 cm³/mol. The van der Waals surface area contributed by atoms with Crippen LogP contribution in [0.15, 0.2) is 18.3 Å². The van der Waals surface area contributed by atoms with E-state index in [1.165, 1.54) is 0 Å². The quantitative estimate of drug-likeness (QED) is 0.550. The summed E-state index contributed by atoms with van der Waals surface area (Å²) in [6.07, 6.45) is -3.53. The highest BCUT2D eigenvalue weighted by molar-refractivity contribution is 5.41. The van der Waals surface area contributed by atoms with Crippen LogP contribution in [-0.2, 0) is 6.18 Å². The Labute approximate surface area is 66.5 Å². The molecule has 0 bridgehead atoms. The van der Waals surface area contributed by atoms with Gasteiger partial charge in [-0.3, -0.25) is 4.98 Å². The third kappa shape index (κ3) is 1.72. The van der Waals surface area contributed by atoms with E-state index < -0.39 is 11.9 Å². The summed E-state index contributed by atoms with van der Waals surface area (Å²) in [5.41, 5.74) is -0.877. The SMILES string of the molecule is [C-]#[N+]c1ccc(C(F)(F)F)nc1. The van der Waals surface area contributed by atoms with Crippen molar-refractivity contribution in [1.29, 1.82) is 0 Å². The van der Waals surface area contributed by atoms with E-state index in [1.807, 2.05) is 0 Å². The molecule has 0 aromatic carbocycles. The number of pyridine rings is 1. The molecular formula is C7H3F3N2. The summed E-state index contributed by atoms with van der Waals surface area (Å²) in [5.74, 6) is 0. The highest BCUT2D eigenvalue weighted by Crippen LogP contribution is 2.28. The summed E-state index contributed by atoms with van der Waals surface area (Å²) in [4.78, 5) is 6.00. The molecule has 0 aliphatic heterocycles. The minimum Gasteiger partial charge on any atom is -0.263 e. The molecule has 62 valence electrons. The number of aromatic nitrogens is 1. The molecule has 1 aromatic rings. The van der Waals surface area contributed by atoms with Gasteiger partial charge in [0.15, 0.2) is 0 Å². The smallest absolute Gasteiger partial charge is 0.263 e. The fourth-order valence-electron chi connectivity index (χ4n) is 0.620. The fraction of sp³-hybridized carbons (Fsp3) is 0.143. The average Bonchev–Trinajstić information content (AvgIpc) is 2.03. The van der Waals surface area contributed by atoms with Crippen molar-refractivity contribution < 1.29 is 13.2 Å². The first-order valence-electron chi connectivity index (χ1n) is 2.95. The van der Waals surface area contributed by atoms with Gasteiger partial charge in [0.05, 0.1) is 6.57 Å². The highest BCUT2D eigenvalue weighted by Gasteiger charge is 2.31. The van der Waals surface area contributed by atoms with Gasteiger partial charge in [-0.1, -0.05) is 6.07 Å². The van der Waals surface area contributed by atoms with E-state index >= 15 is 0 Å². The highest BCUT2D eigenvalue weighted by atomic mass is 19.4. The van der Waals surface area contributed by atoms with Gasteiger partial charge in [0.1, 0.15) is 5.69 Å². The van der Waals surface area contributed by atoms with E-state index in [9.17, 15) is 13.2 Å². The zero-order valence-electron chi connectivity index (χ0n) is 5.76. The molecule has 1 rings (SSSR count). The van der Waals surface area contributed by atoms with Crippen LogP contribution in [0.2, 0.25) is 0 Å². The minimum atomic E-state index is -4.43. The van der Waals surface area contributed by atoms with E-state index in [4.69, 9.17) is 6.57 Å². The average molecular weight is 172 g/mol. The molecule has 0 aliphatic carbocycles. The number of hydrogen-bond donors (Lipinski definition) is 0. The van der Waals surface area contributed by atoms with E-state index in [2.05, 4.69) is 9.83 Å². The number of hydrogen-bond acceptors (Lipinski definition) is 1. The van der Waals surface area contributed by atoms with E-state index in [-0.39, 0.29) is 5.69 Å². The number of nitrogens with zero attached hydrogens (tertiary/aromatic N) is 2. The molecule has 12 heavy (non-hydrogen) atoms. The Hall–Kier alpha value is -1.57. The Morgan fingerprint density at radius 3 is 2.33 bits per heavy atom. The van der Waals surface area contributed by atoms with Gasteiger partial charge in [0, 0.05) is 6.20 Å². The van der Waals surface area contributed by atoms with Gasteiger partial charge in [-0.15, -0.1) is 0 Å². The predicted octanol–water partition coefficient (Wildman–Crippen LogP) is 2.65. The molecule has 0 saturated carbocycles. The zero-order valence-corrected chi connectivity index (χ0v) is 5.76. The Morgan fingerprint density at radius 1 is 1.33 bits per heavy atom. The van der Waals surface area contributed by atoms with Crippen molar-refractivity contribution in [3.05, 3.63) is 35.4 Å². The largest absolute Gasteiger partial charge is 0.433 e. The Balaban J connectivity index is 3.02. The molecular weight excluding hydrogens is 169 g/mol. The second kappa shape index (κ2) is 2.81. The van der Waals surface area contributed by atoms with E-state index in [0.717, 1.165) is 18.3 Å². The maximum Gasteiger partial charge on any atom is 0.433 e. The zero-order chi connectivity index (χ0) is 9.19. The molecule has 2 nitrogen and oxygen atoms in total. The topological polar surface area (TPSA) is 17.2 Å². The van der Waals surface area contributed by atoms with Crippen LogP contribution in [0.4, 0.5) is 18.9 Å². The number of halogens is 3. The van der Waals surface area contributed by atoms with Gasteiger partial charge in [0.2, 0.25) is 5.69 Å². The summed E-state index contributed by atoms with van der Waals surface area (Å²) in [5, 5.41) is 0. The Bertz CT molecular complexity index is 307. The van der Waals surface area contributed by atoms with Gasteiger partial charge < -0.3 is 0 Å². The lowest BCUT2D eigenvalue weighted by atomic mass is 10.3. The van der Waals surface area contributed by atoms with Crippen LogP contribution >= 0.6 is 0 Å². The lowest BCUT2D eigenvalue weighted by Gasteiger charge is -2.03. The van der Waals surface area contributed by atoms with Crippen molar-refractivity contribution in [2.75, 3.05) is 0 Å². The third-order valence-electron chi connectivity index (χ3n) is 1.17. The summed E-state index contributed by atoms with van der Waals surface area (Å²) in [6.45, 7) is 6.47. The molecule has 1 aromatic heterocycles. The fourth-order valence-corrected chi connectivity index (χ4v) is 0.620. The second-order valence-corrected chi connectivity index (χ2v) is 2.01. The first-order valence-corrected chi connectivity index (χ1v) is 2.95. The monoisotopic (exact) mass is 172 g/mol. The molecule has 0 N–H and O–H groups in total. The molecule has 0 amide bonds. The summed E-state index contributed by atoms with van der Waals surface area (Å²) >= 11 is 0. The van der Waals surface area contributed by atoms with Crippen LogP contribution in [0.3, 0.4) is 0 Å². The lowest BCUT2D eigenvalue weighted by Crippen LogP contribution is -2.06. The summed E-state index contributed by atoms with van der Waals surface area (Å²) in [6, 6.07) is 1.87. The Kier molecular flexibility index (Phi) is 2.00. The van der Waals surface area contributed by atoms with Crippen molar-refractivity contribution in [3.63, 3.8) is 0 Å². The maximum atomic E-state index is 11.9. The van der Waals surface area contributed by atoms with Gasteiger partial charge in [-0.2, -0.15) is 13.2 Å². The molecule has 0 unspecified atom stereocenters. The van der Waals surface area contributed by atoms with Crippen LogP contribution in [0.5, 0.6) is 0 Å². The molecule has 0 saturated heterocycles. The third-order valence-corrected chi connectivity index (χ3v) is 1.17. The van der Waals surface area contributed by atoms with Crippen LogP contribution in [0.25, 0.3) is 4.85 Å². The first kappa shape index (κ1) is 8.53. The van der Waals surface area contributed by atoms with Crippen LogP contribution < -0.4 is 0 Å². The van der Waals surface area contributed by atoms with Gasteiger partial charge in [0.25, 0.3) is 0 Å².